The van der Waals surface area contributed by atoms with Crippen LogP contribution in [0.5, 0.6) is 0 Å². The largest absolute Gasteiger partial charge is 0.451 e. The lowest BCUT2D eigenvalue weighted by molar-refractivity contribution is -0.146. The maximum atomic E-state index is 12.6. The molecule has 1 aliphatic heterocycles. The summed E-state index contributed by atoms with van der Waals surface area (Å²) >= 11 is 5.94. The topological polar surface area (TPSA) is 36.7 Å². The molecule has 0 saturated carbocycles. The van der Waals surface area contributed by atoms with Gasteiger partial charge in [0.05, 0.1) is 6.54 Å². The molecule has 8 heteroatoms. The highest BCUT2D eigenvalue weighted by atomic mass is 35.5. The number of carbonyl (C=O) groups excluding carboxylic acids is 1. The van der Waals surface area contributed by atoms with Gasteiger partial charge in [-0.15, -0.1) is 0 Å². The molecule has 1 amide bonds. The van der Waals surface area contributed by atoms with Crippen molar-refractivity contribution in [2.24, 2.45) is 5.92 Å². The first kappa shape index (κ1) is 19.0. The summed E-state index contributed by atoms with van der Waals surface area (Å²) in [6.45, 7) is 2.40. The third-order valence-corrected chi connectivity index (χ3v) is 4.86. The molecule has 1 atom stereocenters. The van der Waals surface area contributed by atoms with Gasteiger partial charge in [-0.25, -0.2) is 0 Å². The normalized spacial score (nSPS) is 18.2. The van der Waals surface area contributed by atoms with Crippen LogP contribution in [0.4, 0.5) is 13.2 Å². The Hall–Kier alpha value is -1.73. The Labute approximate surface area is 154 Å². The number of furan rings is 1. The molecular weight excluding hydrogens is 369 g/mol. The number of benzene rings is 1. The van der Waals surface area contributed by atoms with Crippen molar-refractivity contribution in [3.05, 3.63) is 35.0 Å². The van der Waals surface area contributed by atoms with Gasteiger partial charge in [0.25, 0.3) is 5.91 Å². The summed E-state index contributed by atoms with van der Waals surface area (Å²) in [6, 6.07) is 6.77. The SMILES string of the molecule is CCN(CC1CCN(C(=O)c2cc3cc(Cl)ccc3o2)C1)CC(F)(F)F. The van der Waals surface area contributed by atoms with Crippen LogP contribution in [0.2, 0.25) is 5.02 Å². The molecule has 1 aliphatic rings. The molecule has 4 nitrogen and oxygen atoms in total. The van der Waals surface area contributed by atoms with E-state index in [9.17, 15) is 18.0 Å². The molecule has 0 bridgehead atoms. The molecule has 1 fully saturated rings. The van der Waals surface area contributed by atoms with E-state index >= 15 is 0 Å². The van der Waals surface area contributed by atoms with Crippen molar-refractivity contribution in [1.82, 2.24) is 9.80 Å². The number of nitrogens with zero attached hydrogens (tertiary/aromatic N) is 2. The number of halogens is 4. The van der Waals surface area contributed by atoms with Crippen LogP contribution in [-0.4, -0.2) is 54.6 Å². The van der Waals surface area contributed by atoms with Crippen LogP contribution in [-0.2, 0) is 0 Å². The van der Waals surface area contributed by atoms with Gasteiger partial charge in [-0.1, -0.05) is 18.5 Å². The second kappa shape index (κ2) is 7.48. The van der Waals surface area contributed by atoms with Crippen molar-refractivity contribution in [3.63, 3.8) is 0 Å². The predicted molar refractivity (Wildman–Crippen MR) is 93.4 cm³/mol. The first-order valence-corrected chi connectivity index (χ1v) is 8.90. The maximum absolute atomic E-state index is 12.6. The molecule has 26 heavy (non-hydrogen) atoms. The van der Waals surface area contributed by atoms with Gasteiger partial charge in [0.2, 0.25) is 0 Å². The Kier molecular flexibility index (Phi) is 5.48. The Balaban J connectivity index is 1.63. The van der Waals surface area contributed by atoms with Crippen LogP contribution in [0.25, 0.3) is 11.0 Å². The lowest BCUT2D eigenvalue weighted by Crippen LogP contribution is -2.38. The van der Waals surface area contributed by atoms with Crippen LogP contribution in [0.3, 0.4) is 0 Å². The minimum Gasteiger partial charge on any atom is -0.451 e. The number of hydrogen-bond acceptors (Lipinski definition) is 3. The fourth-order valence-corrected chi connectivity index (χ4v) is 3.55. The quantitative estimate of drug-likeness (QED) is 0.760. The molecule has 2 aromatic rings. The summed E-state index contributed by atoms with van der Waals surface area (Å²) in [5.74, 6) is 0.0179. The molecule has 0 N–H and O–H groups in total. The first-order chi connectivity index (χ1) is 12.2. The van der Waals surface area contributed by atoms with E-state index in [1.165, 1.54) is 4.90 Å². The highest BCUT2D eigenvalue weighted by Crippen LogP contribution is 2.26. The molecule has 1 saturated heterocycles. The number of alkyl halides is 3. The smallest absolute Gasteiger partial charge is 0.401 e. The Morgan fingerprint density at radius 1 is 1.38 bits per heavy atom. The van der Waals surface area contributed by atoms with Gasteiger partial charge in [0, 0.05) is 30.0 Å². The Morgan fingerprint density at radius 2 is 2.15 bits per heavy atom. The molecule has 1 aromatic heterocycles. The highest BCUT2D eigenvalue weighted by Gasteiger charge is 2.34. The van der Waals surface area contributed by atoms with Gasteiger partial charge in [-0.2, -0.15) is 13.2 Å². The number of hydrogen-bond donors (Lipinski definition) is 0. The lowest BCUT2D eigenvalue weighted by atomic mass is 10.1. The van der Waals surface area contributed by atoms with Gasteiger partial charge in [0.15, 0.2) is 5.76 Å². The molecular formula is C18H20ClF3N2O2. The Morgan fingerprint density at radius 3 is 2.85 bits per heavy atom. The van der Waals surface area contributed by atoms with Crippen molar-refractivity contribution < 1.29 is 22.4 Å². The third-order valence-electron chi connectivity index (χ3n) is 4.63. The van der Waals surface area contributed by atoms with Crippen LogP contribution in [0.1, 0.15) is 23.9 Å². The second-order valence-electron chi connectivity index (χ2n) is 6.64. The monoisotopic (exact) mass is 388 g/mol. The molecule has 142 valence electrons. The van der Waals surface area contributed by atoms with Crippen LogP contribution >= 0.6 is 11.6 Å². The van der Waals surface area contributed by atoms with Gasteiger partial charge < -0.3 is 9.32 Å². The zero-order valence-corrected chi connectivity index (χ0v) is 15.1. The zero-order valence-electron chi connectivity index (χ0n) is 14.4. The minimum atomic E-state index is -4.21. The van der Waals surface area contributed by atoms with E-state index in [-0.39, 0.29) is 17.6 Å². The third kappa shape index (κ3) is 4.51. The summed E-state index contributed by atoms with van der Waals surface area (Å²) < 4.78 is 43.4. The van der Waals surface area contributed by atoms with Crippen molar-refractivity contribution in [2.45, 2.75) is 19.5 Å². The number of likely N-dealkylation sites (tertiary alicyclic amines) is 1. The number of rotatable bonds is 5. The van der Waals surface area contributed by atoms with Gasteiger partial charge in [-0.3, -0.25) is 9.69 Å². The van der Waals surface area contributed by atoms with Crippen molar-refractivity contribution in [1.29, 1.82) is 0 Å². The standard InChI is InChI=1S/C18H20ClF3N2O2/c1-2-23(11-18(20,21)22)9-12-5-6-24(10-12)17(25)16-8-13-7-14(19)3-4-15(13)26-16/h3-4,7-8,12H,2,5-6,9-11H2,1H3. The van der Waals surface area contributed by atoms with Crippen LogP contribution in [0.15, 0.2) is 28.7 Å². The van der Waals surface area contributed by atoms with Crippen molar-refractivity contribution in [3.8, 4) is 0 Å². The van der Waals surface area contributed by atoms with Crippen LogP contribution in [0, 0.1) is 5.92 Å². The maximum Gasteiger partial charge on any atom is 0.401 e. The number of carbonyl (C=O) groups is 1. The molecule has 1 unspecified atom stereocenters. The lowest BCUT2D eigenvalue weighted by Gasteiger charge is -2.25. The average molecular weight is 389 g/mol. The molecule has 1 aromatic carbocycles. The highest BCUT2D eigenvalue weighted by molar-refractivity contribution is 6.31. The summed E-state index contributed by atoms with van der Waals surface area (Å²) in [5.41, 5.74) is 0.579. The second-order valence-corrected chi connectivity index (χ2v) is 7.08. The zero-order chi connectivity index (χ0) is 18.9. The van der Waals surface area contributed by atoms with Gasteiger partial charge >= 0.3 is 6.18 Å². The van der Waals surface area contributed by atoms with E-state index in [2.05, 4.69) is 0 Å². The Bertz CT molecular complexity index is 790. The van der Waals surface area contributed by atoms with E-state index in [1.807, 2.05) is 0 Å². The van der Waals surface area contributed by atoms with Gasteiger partial charge in [0.1, 0.15) is 5.58 Å². The molecule has 2 heterocycles. The van der Waals surface area contributed by atoms with Crippen molar-refractivity contribution in [2.75, 3.05) is 32.7 Å². The van der Waals surface area contributed by atoms with E-state index in [4.69, 9.17) is 16.0 Å². The van der Waals surface area contributed by atoms with E-state index in [0.717, 1.165) is 5.39 Å². The molecule has 0 spiro atoms. The van der Waals surface area contributed by atoms with E-state index in [1.54, 1.807) is 36.1 Å². The van der Waals surface area contributed by atoms with E-state index in [0.29, 0.717) is 43.2 Å². The molecule has 3 rings (SSSR count). The summed E-state index contributed by atoms with van der Waals surface area (Å²) in [7, 11) is 0. The van der Waals surface area contributed by atoms with Gasteiger partial charge in [-0.05, 0) is 43.1 Å². The summed E-state index contributed by atoms with van der Waals surface area (Å²) in [5, 5.41) is 1.31. The van der Waals surface area contributed by atoms with Crippen molar-refractivity contribution >= 4 is 28.5 Å². The average Bonchev–Trinajstić information content (AvgIpc) is 3.18. The predicted octanol–water partition coefficient (Wildman–Crippen LogP) is 4.43. The summed E-state index contributed by atoms with van der Waals surface area (Å²) in [6.07, 6.45) is -3.52. The number of amides is 1. The number of fused-ring (bicyclic) bond motifs is 1. The summed E-state index contributed by atoms with van der Waals surface area (Å²) in [4.78, 5) is 15.7. The fourth-order valence-electron chi connectivity index (χ4n) is 3.37. The van der Waals surface area contributed by atoms with E-state index < -0.39 is 12.7 Å². The molecule has 0 aliphatic carbocycles. The first-order valence-electron chi connectivity index (χ1n) is 8.52. The van der Waals surface area contributed by atoms with Crippen LogP contribution < -0.4 is 0 Å². The molecule has 0 radical (unpaired) electrons. The minimum absolute atomic E-state index is 0.0278. The fraction of sp³-hybridized carbons (Fsp3) is 0.500.